The first-order valence-corrected chi connectivity index (χ1v) is 7.17. The topological polar surface area (TPSA) is 63.6 Å². The Balaban J connectivity index is 2.01. The zero-order valence-corrected chi connectivity index (χ0v) is 13.1. The minimum Gasteiger partial charge on any atom is -0.504 e. The van der Waals surface area contributed by atoms with Crippen molar-refractivity contribution in [1.29, 1.82) is 0 Å². The van der Waals surface area contributed by atoms with E-state index in [2.05, 4.69) is 0 Å². The van der Waals surface area contributed by atoms with Crippen LogP contribution in [0, 0.1) is 6.92 Å². The lowest BCUT2D eigenvalue weighted by Crippen LogP contribution is -2.05. The summed E-state index contributed by atoms with van der Waals surface area (Å²) in [6, 6.07) is 11.9. The van der Waals surface area contributed by atoms with Crippen molar-refractivity contribution in [3.63, 3.8) is 0 Å². The van der Waals surface area contributed by atoms with Gasteiger partial charge in [-0.15, -0.1) is 0 Å². The number of methoxy groups -OCH3 is 1. The molecule has 4 nitrogen and oxygen atoms in total. The van der Waals surface area contributed by atoms with Gasteiger partial charge in [-0.05, 0) is 30.7 Å². The molecule has 0 aromatic heterocycles. The number of hydrogen-bond acceptors (Lipinski definition) is 4. The van der Waals surface area contributed by atoms with Gasteiger partial charge in [-0.3, -0.25) is 9.59 Å². The zero-order valence-electron chi connectivity index (χ0n) is 13.1. The van der Waals surface area contributed by atoms with Crippen LogP contribution in [-0.4, -0.2) is 23.8 Å². The summed E-state index contributed by atoms with van der Waals surface area (Å²) < 4.78 is 5.00. The smallest absolute Gasteiger partial charge is 0.170 e. The Morgan fingerprint density at radius 3 is 2.48 bits per heavy atom. The monoisotopic (exact) mass is 310 g/mol. The maximum Gasteiger partial charge on any atom is 0.170 e. The zero-order chi connectivity index (χ0) is 16.8. The number of ether oxygens (including phenoxy) is 1. The summed E-state index contributed by atoms with van der Waals surface area (Å²) in [5, 5.41) is 9.52. The van der Waals surface area contributed by atoms with E-state index >= 15 is 0 Å². The standard InChI is InChI=1S/C19H18O4/c1-13-3-7-15(8-4-13)18(22)12-16(20)9-5-14-6-10-17(21)19(11-14)23-2/h3-11,21H,12H2,1-2H3/b9-5+. The summed E-state index contributed by atoms with van der Waals surface area (Å²) in [7, 11) is 1.45. The van der Waals surface area contributed by atoms with Gasteiger partial charge in [0.25, 0.3) is 0 Å². The normalized spacial score (nSPS) is 10.7. The third-order valence-electron chi connectivity index (χ3n) is 3.37. The van der Waals surface area contributed by atoms with Crippen LogP contribution in [0.4, 0.5) is 0 Å². The minimum atomic E-state index is -0.275. The van der Waals surface area contributed by atoms with Gasteiger partial charge < -0.3 is 9.84 Å². The van der Waals surface area contributed by atoms with Gasteiger partial charge in [0.15, 0.2) is 23.1 Å². The van der Waals surface area contributed by atoms with Crippen molar-refractivity contribution in [1.82, 2.24) is 0 Å². The third kappa shape index (κ3) is 4.54. The van der Waals surface area contributed by atoms with Gasteiger partial charge in [0.2, 0.25) is 0 Å². The first kappa shape index (κ1) is 16.5. The highest BCUT2D eigenvalue weighted by Crippen LogP contribution is 2.26. The van der Waals surface area contributed by atoms with E-state index in [1.807, 2.05) is 19.1 Å². The molecule has 0 spiro atoms. The Hall–Kier alpha value is -2.88. The lowest BCUT2D eigenvalue weighted by atomic mass is 10.0. The molecule has 0 aliphatic rings. The van der Waals surface area contributed by atoms with Crippen LogP contribution in [0.1, 0.15) is 27.9 Å². The van der Waals surface area contributed by atoms with E-state index in [0.29, 0.717) is 16.9 Å². The average Bonchev–Trinajstić information content (AvgIpc) is 2.54. The predicted octanol–water partition coefficient (Wildman–Crippen LogP) is 3.56. The molecule has 0 aliphatic heterocycles. The number of Topliss-reactive ketones (excluding diaryl/α,β-unsaturated/α-hetero) is 1. The molecule has 0 heterocycles. The third-order valence-corrected chi connectivity index (χ3v) is 3.37. The van der Waals surface area contributed by atoms with E-state index in [-0.39, 0.29) is 23.7 Å². The second-order valence-electron chi connectivity index (χ2n) is 5.20. The molecule has 4 heteroatoms. The highest BCUT2D eigenvalue weighted by molar-refractivity contribution is 6.12. The Morgan fingerprint density at radius 2 is 1.83 bits per heavy atom. The molecule has 1 N–H and O–H groups in total. The van der Waals surface area contributed by atoms with E-state index in [1.165, 1.54) is 19.3 Å². The number of hydrogen-bond donors (Lipinski definition) is 1. The molecule has 0 aliphatic carbocycles. The molecule has 0 atom stereocenters. The van der Waals surface area contributed by atoms with Crippen molar-refractivity contribution in [2.45, 2.75) is 13.3 Å². The molecular formula is C19H18O4. The lowest BCUT2D eigenvalue weighted by molar-refractivity contribution is -0.113. The number of phenols is 1. The minimum absolute atomic E-state index is 0.0329. The molecule has 0 saturated heterocycles. The van der Waals surface area contributed by atoms with E-state index in [9.17, 15) is 14.7 Å². The SMILES string of the molecule is COc1cc(/C=C/C(=O)CC(=O)c2ccc(C)cc2)ccc1O. The van der Waals surface area contributed by atoms with Crippen molar-refractivity contribution in [2.24, 2.45) is 0 Å². The van der Waals surface area contributed by atoms with Crippen molar-refractivity contribution < 1.29 is 19.4 Å². The van der Waals surface area contributed by atoms with Crippen LogP contribution in [0.5, 0.6) is 11.5 Å². The van der Waals surface area contributed by atoms with Crippen LogP contribution in [0.25, 0.3) is 6.08 Å². The molecule has 0 saturated carbocycles. The van der Waals surface area contributed by atoms with Gasteiger partial charge in [-0.2, -0.15) is 0 Å². The Labute approximate surface area is 135 Å². The quantitative estimate of drug-likeness (QED) is 0.503. The number of phenolic OH excluding ortho intramolecular Hbond substituents is 1. The summed E-state index contributed by atoms with van der Waals surface area (Å²) in [4.78, 5) is 23.9. The number of allylic oxidation sites excluding steroid dienone is 1. The first-order valence-electron chi connectivity index (χ1n) is 7.17. The van der Waals surface area contributed by atoms with E-state index in [0.717, 1.165) is 5.56 Å². The van der Waals surface area contributed by atoms with Gasteiger partial charge in [0.05, 0.1) is 13.5 Å². The Kier molecular flexibility index (Phi) is 5.31. The molecule has 0 fully saturated rings. The first-order chi connectivity index (χ1) is 11.0. The van der Waals surface area contributed by atoms with Crippen molar-refractivity contribution in [2.75, 3.05) is 7.11 Å². The number of aryl methyl sites for hydroxylation is 1. The largest absolute Gasteiger partial charge is 0.504 e. The van der Waals surface area contributed by atoms with E-state index in [4.69, 9.17) is 4.74 Å². The molecular weight excluding hydrogens is 292 g/mol. The summed E-state index contributed by atoms with van der Waals surface area (Å²) in [6.07, 6.45) is 2.78. The van der Waals surface area contributed by atoms with Crippen molar-refractivity contribution in [3.05, 3.63) is 65.2 Å². The molecule has 2 rings (SSSR count). The highest BCUT2D eigenvalue weighted by atomic mass is 16.5. The number of benzene rings is 2. The fraction of sp³-hybridized carbons (Fsp3) is 0.158. The van der Waals surface area contributed by atoms with E-state index < -0.39 is 0 Å². The Morgan fingerprint density at radius 1 is 1.13 bits per heavy atom. The van der Waals surface area contributed by atoms with Gasteiger partial charge in [-0.1, -0.05) is 42.0 Å². The van der Waals surface area contributed by atoms with Crippen LogP contribution in [0.15, 0.2) is 48.5 Å². The van der Waals surface area contributed by atoms with Crippen LogP contribution >= 0.6 is 0 Å². The number of ketones is 2. The van der Waals surface area contributed by atoms with E-state index in [1.54, 1.807) is 30.3 Å². The molecule has 0 amide bonds. The number of carbonyl (C=O) groups excluding carboxylic acids is 2. The molecule has 0 bridgehead atoms. The average molecular weight is 310 g/mol. The van der Waals surface area contributed by atoms with Gasteiger partial charge >= 0.3 is 0 Å². The van der Waals surface area contributed by atoms with Gasteiger partial charge in [-0.25, -0.2) is 0 Å². The summed E-state index contributed by atoms with van der Waals surface area (Å²) in [5.41, 5.74) is 2.30. The number of rotatable bonds is 6. The maximum absolute atomic E-state index is 12.0. The van der Waals surface area contributed by atoms with Crippen LogP contribution in [0.2, 0.25) is 0 Å². The maximum atomic E-state index is 12.0. The van der Waals surface area contributed by atoms with Gasteiger partial charge in [0.1, 0.15) is 0 Å². The second-order valence-corrected chi connectivity index (χ2v) is 5.20. The van der Waals surface area contributed by atoms with Crippen LogP contribution < -0.4 is 4.74 Å². The summed E-state index contributed by atoms with van der Waals surface area (Å²) >= 11 is 0. The molecule has 23 heavy (non-hydrogen) atoms. The molecule has 118 valence electrons. The highest BCUT2D eigenvalue weighted by Gasteiger charge is 2.09. The number of aromatic hydroxyl groups is 1. The van der Waals surface area contributed by atoms with Crippen molar-refractivity contribution in [3.8, 4) is 11.5 Å². The van der Waals surface area contributed by atoms with Crippen LogP contribution in [0.3, 0.4) is 0 Å². The predicted molar refractivity (Wildman–Crippen MR) is 88.8 cm³/mol. The molecule has 0 radical (unpaired) electrons. The van der Waals surface area contributed by atoms with Crippen LogP contribution in [-0.2, 0) is 4.79 Å². The number of carbonyl (C=O) groups is 2. The molecule has 2 aromatic rings. The molecule has 2 aromatic carbocycles. The fourth-order valence-electron chi connectivity index (χ4n) is 2.05. The fourth-order valence-corrected chi connectivity index (χ4v) is 2.05. The summed E-state index contributed by atoms with van der Waals surface area (Å²) in [5.74, 6) is -0.119. The lowest BCUT2D eigenvalue weighted by Gasteiger charge is -2.03. The molecule has 0 unspecified atom stereocenters. The summed E-state index contributed by atoms with van der Waals surface area (Å²) in [6.45, 7) is 1.94. The second kappa shape index (κ2) is 7.40. The van der Waals surface area contributed by atoms with Crippen molar-refractivity contribution >= 4 is 17.6 Å². The van der Waals surface area contributed by atoms with Gasteiger partial charge in [0, 0.05) is 5.56 Å². The Bertz CT molecular complexity index is 742.